The van der Waals surface area contributed by atoms with Crippen LogP contribution in [0.2, 0.25) is 0 Å². The lowest BCUT2D eigenvalue weighted by Crippen LogP contribution is -2.22. The molecule has 1 heterocycles. The minimum absolute atomic E-state index is 0.00510. The van der Waals surface area contributed by atoms with E-state index < -0.39 is 0 Å². The summed E-state index contributed by atoms with van der Waals surface area (Å²) in [4.78, 5) is 12.1. The van der Waals surface area contributed by atoms with E-state index >= 15 is 0 Å². The number of nitrogens with one attached hydrogen (secondary N) is 1. The van der Waals surface area contributed by atoms with Crippen molar-refractivity contribution in [3.63, 3.8) is 0 Å². The predicted octanol–water partition coefficient (Wildman–Crippen LogP) is 8.63. The number of benzene rings is 2. The van der Waals surface area contributed by atoms with Crippen LogP contribution >= 0.6 is 11.8 Å². The first kappa shape index (κ1) is 34.8. The van der Waals surface area contributed by atoms with E-state index in [9.17, 15) is 9.18 Å². The van der Waals surface area contributed by atoms with Gasteiger partial charge in [-0.05, 0) is 68.2 Å². The van der Waals surface area contributed by atoms with E-state index in [2.05, 4.69) is 58.2 Å². The number of rotatable bonds is 14. The quantitative estimate of drug-likeness (QED) is 0.157. The highest BCUT2D eigenvalue weighted by molar-refractivity contribution is 7.98. The Morgan fingerprint density at radius 2 is 1.68 bits per heavy atom. The maximum Gasteiger partial charge on any atom is 0.220 e. The van der Waals surface area contributed by atoms with Gasteiger partial charge in [0.15, 0.2) is 0 Å². The molecule has 0 aliphatic carbocycles. The molecule has 0 bridgehead atoms. The molecule has 2 aromatic carbocycles. The summed E-state index contributed by atoms with van der Waals surface area (Å²) in [5.41, 5.74) is 1.96. The molecule has 0 saturated carbocycles. The van der Waals surface area contributed by atoms with Crippen molar-refractivity contribution in [2.75, 3.05) is 5.75 Å². The van der Waals surface area contributed by atoms with Crippen LogP contribution in [0.3, 0.4) is 0 Å². The average molecular weight is 567 g/mol. The van der Waals surface area contributed by atoms with Gasteiger partial charge in [-0.2, -0.15) is 11.8 Å². The molecule has 0 unspecified atom stereocenters. The first-order valence-corrected chi connectivity index (χ1v) is 15.6. The molecule has 0 aliphatic rings. The highest BCUT2D eigenvalue weighted by atomic mass is 32.2. The van der Waals surface area contributed by atoms with Crippen molar-refractivity contribution in [2.24, 2.45) is 0 Å². The van der Waals surface area contributed by atoms with Crippen LogP contribution in [-0.4, -0.2) is 26.4 Å². The van der Waals surface area contributed by atoms with Crippen molar-refractivity contribution in [1.82, 2.24) is 20.1 Å². The lowest BCUT2D eigenvalue weighted by molar-refractivity contribution is -0.121. The van der Waals surface area contributed by atoms with Crippen molar-refractivity contribution in [2.45, 2.75) is 85.4 Å². The van der Waals surface area contributed by atoms with Gasteiger partial charge in [0.05, 0.1) is 5.75 Å². The van der Waals surface area contributed by atoms with Crippen molar-refractivity contribution in [3.8, 4) is 5.69 Å². The Kier molecular flexibility index (Phi) is 19.7. The van der Waals surface area contributed by atoms with Crippen LogP contribution in [0.4, 0.5) is 4.39 Å². The molecule has 7 heteroatoms. The molecule has 0 aliphatic heterocycles. The molecule has 0 saturated heterocycles. The number of carbonyl (C=O) groups is 1. The van der Waals surface area contributed by atoms with Crippen LogP contribution in [0, 0.1) is 5.82 Å². The number of allylic oxidation sites excluding steroid dienone is 4. The second-order valence-electron chi connectivity index (χ2n) is 8.73. The molecule has 0 spiro atoms. The van der Waals surface area contributed by atoms with Gasteiger partial charge < -0.3 is 5.32 Å². The third-order valence-corrected chi connectivity index (χ3v) is 6.68. The fourth-order valence-electron chi connectivity index (χ4n) is 3.58. The summed E-state index contributed by atoms with van der Waals surface area (Å²) in [5.74, 6) is 3.57. The zero-order valence-electron chi connectivity index (χ0n) is 24.9. The Bertz CT molecular complexity index is 1110. The SMILES string of the molecule is C/C=C\C=C/CC.CC.CCCSCc1nnc(CCCCC(=O)NCc2ccc(F)cc2)n1-c1ccccc1. The fraction of sp³-hybridized carbons (Fsp3) is 0.424. The molecular formula is C33H47FN4OS. The van der Waals surface area contributed by atoms with E-state index in [1.54, 1.807) is 12.1 Å². The van der Waals surface area contributed by atoms with Gasteiger partial charge in [0, 0.05) is 25.1 Å². The number of aryl methyl sites for hydroxylation is 1. The molecular weight excluding hydrogens is 519 g/mol. The second-order valence-corrected chi connectivity index (χ2v) is 9.83. The number of para-hydroxylation sites is 1. The van der Waals surface area contributed by atoms with Crippen molar-refractivity contribution < 1.29 is 9.18 Å². The Hall–Kier alpha value is -3.19. The lowest BCUT2D eigenvalue weighted by Gasteiger charge is -2.10. The van der Waals surface area contributed by atoms with Gasteiger partial charge in [0.2, 0.25) is 5.91 Å². The summed E-state index contributed by atoms with van der Waals surface area (Å²) in [6, 6.07) is 16.4. The van der Waals surface area contributed by atoms with E-state index in [0.29, 0.717) is 13.0 Å². The molecule has 5 nitrogen and oxygen atoms in total. The number of carbonyl (C=O) groups excluding carboxylic acids is 1. The molecule has 40 heavy (non-hydrogen) atoms. The van der Waals surface area contributed by atoms with E-state index in [4.69, 9.17) is 0 Å². The number of aromatic nitrogens is 3. The third-order valence-electron chi connectivity index (χ3n) is 5.52. The van der Waals surface area contributed by atoms with Crippen molar-refractivity contribution in [1.29, 1.82) is 0 Å². The number of thioether (sulfide) groups is 1. The van der Waals surface area contributed by atoms with Gasteiger partial charge in [-0.15, -0.1) is 10.2 Å². The monoisotopic (exact) mass is 566 g/mol. The molecule has 218 valence electrons. The normalized spacial score (nSPS) is 10.7. The van der Waals surface area contributed by atoms with Crippen LogP contribution < -0.4 is 5.32 Å². The molecule has 1 N–H and O–H groups in total. The maximum atomic E-state index is 12.9. The van der Waals surface area contributed by atoms with Crippen molar-refractivity contribution >= 4 is 17.7 Å². The van der Waals surface area contributed by atoms with E-state index in [1.165, 1.54) is 12.1 Å². The van der Waals surface area contributed by atoms with Gasteiger partial charge in [0.25, 0.3) is 0 Å². The van der Waals surface area contributed by atoms with E-state index in [1.807, 2.05) is 62.9 Å². The number of unbranched alkanes of at least 4 members (excludes halogenated alkanes) is 1. The Balaban J connectivity index is 0.000000775. The minimum Gasteiger partial charge on any atom is -0.352 e. The number of hydrogen-bond donors (Lipinski definition) is 1. The van der Waals surface area contributed by atoms with Crippen molar-refractivity contribution in [3.05, 3.63) is 102 Å². The van der Waals surface area contributed by atoms with Crippen LogP contribution in [0.25, 0.3) is 5.69 Å². The summed E-state index contributed by atoms with van der Waals surface area (Å²) < 4.78 is 15.1. The highest BCUT2D eigenvalue weighted by Gasteiger charge is 2.14. The topological polar surface area (TPSA) is 59.8 Å². The van der Waals surface area contributed by atoms with Gasteiger partial charge in [-0.25, -0.2) is 4.39 Å². The predicted molar refractivity (Wildman–Crippen MR) is 169 cm³/mol. The van der Waals surface area contributed by atoms with Gasteiger partial charge in [-0.3, -0.25) is 9.36 Å². The average Bonchev–Trinajstić information content (AvgIpc) is 3.40. The summed E-state index contributed by atoms with van der Waals surface area (Å²) in [6.45, 7) is 10.7. The van der Waals surface area contributed by atoms with Gasteiger partial charge in [0.1, 0.15) is 17.5 Å². The summed E-state index contributed by atoms with van der Waals surface area (Å²) in [7, 11) is 0. The summed E-state index contributed by atoms with van der Waals surface area (Å²) in [5, 5.41) is 11.8. The van der Waals surface area contributed by atoms with Crippen LogP contribution in [-0.2, 0) is 23.5 Å². The van der Waals surface area contributed by atoms with Crippen LogP contribution in [0.1, 0.15) is 83.9 Å². The Labute approximate surface area is 245 Å². The first-order valence-electron chi connectivity index (χ1n) is 14.4. The summed E-state index contributed by atoms with van der Waals surface area (Å²) in [6.07, 6.45) is 13.4. The number of nitrogens with zero attached hydrogens (tertiary/aromatic N) is 3. The minimum atomic E-state index is -0.273. The molecule has 0 atom stereocenters. The van der Waals surface area contributed by atoms with Crippen LogP contribution in [0.15, 0.2) is 78.9 Å². The number of amides is 1. The van der Waals surface area contributed by atoms with Crippen LogP contribution in [0.5, 0.6) is 0 Å². The molecule has 3 aromatic rings. The second kappa shape index (κ2) is 22.6. The van der Waals surface area contributed by atoms with Gasteiger partial charge >= 0.3 is 0 Å². The molecule has 1 amide bonds. The maximum absolute atomic E-state index is 12.9. The third kappa shape index (κ3) is 14.3. The Morgan fingerprint density at radius 1 is 0.975 bits per heavy atom. The standard InChI is InChI=1S/C24H29FN4OS.C7H12.C2H6/c1-2-16-31-18-23-28-27-22(29(23)21-8-4-3-5-9-21)10-6-7-11-24(30)26-17-19-12-14-20(25)15-13-19;1-3-5-7-6-4-2;1-2/h3-5,8-9,12-15H,2,6-7,10-11,16-18H2,1H3,(H,26,30);3,5-7H,4H2,1-2H3;1-2H3/b;5-3-,7-6-;. The zero-order valence-corrected chi connectivity index (χ0v) is 25.7. The number of halogens is 1. The van der Waals surface area contributed by atoms with E-state index in [-0.39, 0.29) is 11.7 Å². The van der Waals surface area contributed by atoms with E-state index in [0.717, 1.165) is 66.5 Å². The summed E-state index contributed by atoms with van der Waals surface area (Å²) >= 11 is 1.87. The first-order chi connectivity index (χ1) is 19.6. The smallest absolute Gasteiger partial charge is 0.220 e. The largest absolute Gasteiger partial charge is 0.352 e. The van der Waals surface area contributed by atoms with Gasteiger partial charge in [-0.1, -0.05) is 82.3 Å². The fourth-order valence-corrected chi connectivity index (χ4v) is 4.38. The number of hydrogen-bond acceptors (Lipinski definition) is 4. The molecule has 1 aromatic heterocycles. The zero-order chi connectivity index (χ0) is 29.4. The highest BCUT2D eigenvalue weighted by Crippen LogP contribution is 2.19. The molecule has 0 radical (unpaired) electrons. The lowest BCUT2D eigenvalue weighted by atomic mass is 10.1. The molecule has 0 fully saturated rings. The molecule has 3 rings (SSSR count). The Morgan fingerprint density at radius 3 is 2.33 bits per heavy atom.